The summed E-state index contributed by atoms with van der Waals surface area (Å²) in [4.78, 5) is 38.6. The van der Waals surface area contributed by atoms with Crippen molar-refractivity contribution < 1.29 is 18.8 Å². The van der Waals surface area contributed by atoms with Crippen molar-refractivity contribution >= 4 is 39.9 Å². The molecule has 158 valence electrons. The van der Waals surface area contributed by atoms with Gasteiger partial charge in [-0.15, -0.1) is 0 Å². The van der Waals surface area contributed by atoms with Crippen LogP contribution in [0.25, 0.3) is 11.8 Å². The van der Waals surface area contributed by atoms with Crippen LogP contribution in [0.2, 0.25) is 0 Å². The van der Waals surface area contributed by atoms with Crippen molar-refractivity contribution in [2.45, 2.75) is 27.3 Å². The first-order chi connectivity index (χ1) is 14.8. The molecule has 1 saturated heterocycles. The minimum Gasteiger partial charge on any atom is -0.467 e. The van der Waals surface area contributed by atoms with Crippen molar-refractivity contribution in [3.8, 4) is 5.69 Å². The molecule has 0 unspecified atom stereocenters. The topological polar surface area (TPSA) is 84.6 Å². The molecule has 4 rings (SSSR count). The van der Waals surface area contributed by atoms with E-state index in [1.54, 1.807) is 12.1 Å². The minimum atomic E-state index is -0.764. The Kier molecular flexibility index (Phi) is 5.41. The number of nitrogens with one attached hydrogen (secondary N) is 1. The maximum atomic E-state index is 13.0. The van der Waals surface area contributed by atoms with E-state index in [9.17, 15) is 14.4 Å². The molecule has 0 bridgehead atoms. The number of urea groups is 1. The van der Waals surface area contributed by atoms with Gasteiger partial charge in [0.05, 0.1) is 12.8 Å². The lowest BCUT2D eigenvalue weighted by molar-refractivity contribution is -0.130. The van der Waals surface area contributed by atoms with Gasteiger partial charge in [0, 0.05) is 21.5 Å². The lowest BCUT2D eigenvalue weighted by atomic mass is 10.1. The van der Waals surface area contributed by atoms with Crippen LogP contribution in [0.5, 0.6) is 0 Å². The number of barbiturate groups is 1. The van der Waals surface area contributed by atoms with Gasteiger partial charge in [0.1, 0.15) is 11.3 Å². The number of aromatic nitrogens is 1. The number of furan rings is 1. The van der Waals surface area contributed by atoms with E-state index >= 15 is 0 Å². The van der Waals surface area contributed by atoms with E-state index in [-0.39, 0.29) is 12.1 Å². The number of hydrogen-bond donors (Lipinski definition) is 1. The van der Waals surface area contributed by atoms with Crippen molar-refractivity contribution in [1.29, 1.82) is 0 Å². The molecule has 2 aromatic heterocycles. The number of nitrogens with zero attached hydrogens (tertiary/aromatic N) is 2. The second kappa shape index (κ2) is 8.03. The number of hydrogen-bond acceptors (Lipinski definition) is 4. The van der Waals surface area contributed by atoms with Crippen LogP contribution in [0.1, 0.15) is 28.3 Å². The van der Waals surface area contributed by atoms with E-state index in [0.29, 0.717) is 5.76 Å². The fraction of sp³-hybridized carbons (Fsp3) is 0.174. The molecule has 0 spiro atoms. The predicted molar refractivity (Wildman–Crippen MR) is 118 cm³/mol. The van der Waals surface area contributed by atoms with Gasteiger partial charge < -0.3 is 8.98 Å². The summed E-state index contributed by atoms with van der Waals surface area (Å²) < 4.78 is 8.31. The minimum absolute atomic E-state index is 0.0561. The van der Waals surface area contributed by atoms with Gasteiger partial charge in [0.25, 0.3) is 11.8 Å². The molecule has 3 aromatic rings. The summed E-state index contributed by atoms with van der Waals surface area (Å²) in [5.74, 6) is -0.926. The molecule has 1 aliphatic heterocycles. The van der Waals surface area contributed by atoms with Gasteiger partial charge in [0.15, 0.2) is 0 Å². The smallest absolute Gasteiger partial charge is 0.331 e. The summed E-state index contributed by atoms with van der Waals surface area (Å²) in [6.07, 6.45) is 2.99. The lowest BCUT2D eigenvalue weighted by Gasteiger charge is -2.25. The zero-order valence-electron chi connectivity index (χ0n) is 17.2. The van der Waals surface area contributed by atoms with E-state index in [1.165, 1.54) is 12.3 Å². The summed E-state index contributed by atoms with van der Waals surface area (Å²) in [5, 5.41) is 2.23. The highest BCUT2D eigenvalue weighted by Gasteiger charge is 2.36. The molecule has 0 atom stereocenters. The normalized spacial score (nSPS) is 15.7. The van der Waals surface area contributed by atoms with Gasteiger partial charge >= 0.3 is 6.03 Å². The third kappa shape index (κ3) is 3.86. The largest absolute Gasteiger partial charge is 0.467 e. The molecule has 8 heteroatoms. The Hall–Kier alpha value is -3.39. The maximum Gasteiger partial charge on any atom is 0.331 e. The van der Waals surface area contributed by atoms with E-state index in [0.717, 1.165) is 37.6 Å². The van der Waals surface area contributed by atoms with Gasteiger partial charge in [0.2, 0.25) is 0 Å². The Bertz CT molecular complexity index is 1240. The molecule has 0 radical (unpaired) electrons. The van der Waals surface area contributed by atoms with Crippen molar-refractivity contribution in [1.82, 2.24) is 14.8 Å². The average molecular weight is 482 g/mol. The van der Waals surface area contributed by atoms with Gasteiger partial charge in [-0.1, -0.05) is 15.9 Å². The fourth-order valence-electron chi connectivity index (χ4n) is 3.65. The number of aryl methyl sites for hydroxylation is 2. The standard InChI is InChI=1S/C23H20BrN3O4/c1-13-9-17(6-7-20(13)24)27-14(2)10-16(15(27)3)11-19-21(28)25-23(30)26(22(19)29)12-18-5-4-8-31-18/h4-11H,12H2,1-3H3,(H,25,28,30). The molecule has 0 aliphatic carbocycles. The predicted octanol–water partition coefficient (Wildman–Crippen LogP) is 4.42. The first-order valence-corrected chi connectivity index (χ1v) is 10.4. The van der Waals surface area contributed by atoms with Gasteiger partial charge in [-0.05, 0) is 74.4 Å². The highest BCUT2D eigenvalue weighted by atomic mass is 79.9. The summed E-state index contributed by atoms with van der Waals surface area (Å²) in [7, 11) is 0. The van der Waals surface area contributed by atoms with Crippen LogP contribution in [-0.2, 0) is 16.1 Å². The number of imide groups is 2. The number of halogens is 1. The summed E-state index contributed by atoms with van der Waals surface area (Å²) in [5.41, 5.74) is 4.54. The number of benzene rings is 1. The third-order valence-electron chi connectivity index (χ3n) is 5.25. The van der Waals surface area contributed by atoms with Gasteiger partial charge in [-0.25, -0.2) is 4.79 Å². The van der Waals surface area contributed by atoms with E-state index in [4.69, 9.17) is 4.42 Å². The molecular weight excluding hydrogens is 462 g/mol. The first kappa shape index (κ1) is 20.9. The summed E-state index contributed by atoms with van der Waals surface area (Å²) >= 11 is 3.52. The second-order valence-corrected chi connectivity index (χ2v) is 8.24. The second-order valence-electron chi connectivity index (χ2n) is 7.38. The highest BCUT2D eigenvalue weighted by molar-refractivity contribution is 9.10. The zero-order valence-corrected chi connectivity index (χ0v) is 18.8. The number of carbonyl (C=O) groups excluding carboxylic acids is 3. The lowest BCUT2D eigenvalue weighted by Crippen LogP contribution is -2.53. The van der Waals surface area contributed by atoms with Gasteiger partial charge in [-0.2, -0.15) is 0 Å². The Morgan fingerprint density at radius 2 is 1.87 bits per heavy atom. The van der Waals surface area contributed by atoms with Crippen LogP contribution in [-0.4, -0.2) is 27.3 Å². The molecule has 3 heterocycles. The fourth-order valence-corrected chi connectivity index (χ4v) is 3.90. The van der Waals surface area contributed by atoms with Crippen LogP contribution in [0.15, 0.2) is 57.1 Å². The van der Waals surface area contributed by atoms with Gasteiger partial charge in [-0.3, -0.25) is 19.8 Å². The Morgan fingerprint density at radius 3 is 2.55 bits per heavy atom. The Labute approximate surface area is 187 Å². The molecule has 1 aromatic carbocycles. The number of carbonyl (C=O) groups is 3. The van der Waals surface area contributed by atoms with E-state index < -0.39 is 17.8 Å². The molecule has 1 N–H and O–H groups in total. The molecule has 7 nitrogen and oxygen atoms in total. The first-order valence-electron chi connectivity index (χ1n) is 9.63. The molecule has 1 fully saturated rings. The van der Waals surface area contributed by atoms with Crippen LogP contribution in [0.3, 0.4) is 0 Å². The zero-order chi connectivity index (χ0) is 22.3. The molecule has 1 aliphatic rings. The molecular formula is C23H20BrN3O4. The Morgan fingerprint density at radius 1 is 1.10 bits per heavy atom. The number of amides is 4. The highest BCUT2D eigenvalue weighted by Crippen LogP contribution is 2.27. The van der Waals surface area contributed by atoms with Crippen molar-refractivity contribution in [2.75, 3.05) is 0 Å². The summed E-state index contributed by atoms with van der Waals surface area (Å²) in [6, 6.07) is 10.5. The van der Waals surface area contributed by atoms with Crippen molar-refractivity contribution in [3.05, 3.63) is 81.0 Å². The van der Waals surface area contributed by atoms with E-state index in [1.807, 2.05) is 39.0 Å². The van der Waals surface area contributed by atoms with Crippen molar-refractivity contribution in [2.24, 2.45) is 0 Å². The average Bonchev–Trinajstić information content (AvgIpc) is 3.32. The summed E-state index contributed by atoms with van der Waals surface area (Å²) in [6.45, 7) is 5.84. The molecule has 0 saturated carbocycles. The van der Waals surface area contributed by atoms with E-state index in [2.05, 4.69) is 31.9 Å². The number of rotatable bonds is 4. The van der Waals surface area contributed by atoms with Crippen LogP contribution < -0.4 is 5.32 Å². The quantitative estimate of drug-likeness (QED) is 0.441. The Balaban J connectivity index is 1.71. The monoisotopic (exact) mass is 481 g/mol. The third-order valence-corrected chi connectivity index (χ3v) is 6.14. The molecule has 4 amide bonds. The maximum absolute atomic E-state index is 13.0. The van der Waals surface area contributed by atoms with Crippen LogP contribution in [0, 0.1) is 20.8 Å². The van der Waals surface area contributed by atoms with Crippen LogP contribution >= 0.6 is 15.9 Å². The SMILES string of the molecule is Cc1cc(-n2c(C)cc(C=C3C(=O)NC(=O)N(Cc4ccco4)C3=O)c2C)ccc1Br. The molecule has 31 heavy (non-hydrogen) atoms. The van der Waals surface area contributed by atoms with Crippen LogP contribution in [0.4, 0.5) is 4.79 Å². The van der Waals surface area contributed by atoms with Crippen molar-refractivity contribution in [3.63, 3.8) is 0 Å².